The van der Waals surface area contributed by atoms with Crippen LogP contribution < -0.4 is 11.1 Å². The zero-order valence-corrected chi connectivity index (χ0v) is 10.8. The van der Waals surface area contributed by atoms with Crippen molar-refractivity contribution in [2.24, 2.45) is 5.92 Å². The van der Waals surface area contributed by atoms with Crippen LogP contribution in [0.5, 0.6) is 0 Å². The van der Waals surface area contributed by atoms with E-state index in [0.29, 0.717) is 5.82 Å². The summed E-state index contributed by atoms with van der Waals surface area (Å²) < 4.78 is 0. The lowest BCUT2D eigenvalue weighted by molar-refractivity contribution is 0.370. The number of pyridine rings is 1. The Balaban J connectivity index is 0.00000112. The van der Waals surface area contributed by atoms with Gasteiger partial charge < -0.3 is 11.1 Å². The normalized spacial score (nSPS) is 16.0. The summed E-state index contributed by atoms with van der Waals surface area (Å²) in [5.74, 6) is 1.42. The number of nitrogens with two attached hydrogens (primary N) is 1. The molecule has 0 spiro atoms. The third-order valence-corrected chi connectivity index (χ3v) is 2.78. The Morgan fingerprint density at radius 2 is 1.94 bits per heavy atom. The highest BCUT2D eigenvalue weighted by Crippen LogP contribution is 2.17. The Hall–Kier alpha value is -0.510. The van der Waals surface area contributed by atoms with Gasteiger partial charge in [0.15, 0.2) is 0 Å². The molecule has 16 heavy (non-hydrogen) atoms. The second-order valence-electron chi connectivity index (χ2n) is 3.95. The first-order valence-electron chi connectivity index (χ1n) is 5.27. The number of hydrogen-bond donors (Lipinski definition) is 2. The van der Waals surface area contributed by atoms with E-state index >= 15 is 0 Å². The maximum absolute atomic E-state index is 5.64. The van der Waals surface area contributed by atoms with E-state index in [2.05, 4.69) is 16.4 Å². The molecule has 0 bridgehead atoms. The van der Waals surface area contributed by atoms with E-state index < -0.39 is 0 Å². The molecule has 0 aliphatic carbocycles. The van der Waals surface area contributed by atoms with Gasteiger partial charge in [0.25, 0.3) is 0 Å². The minimum Gasteiger partial charge on any atom is -0.384 e. The van der Waals surface area contributed by atoms with Crippen LogP contribution in [0, 0.1) is 5.92 Å². The summed E-state index contributed by atoms with van der Waals surface area (Å²) in [5.41, 5.74) is 6.78. The molecule has 1 fully saturated rings. The Morgan fingerprint density at radius 1 is 1.25 bits per heavy atom. The van der Waals surface area contributed by atoms with Crippen LogP contribution in [0.2, 0.25) is 0 Å². The first-order chi connectivity index (χ1) is 6.84. The predicted octanol–water partition coefficient (Wildman–Crippen LogP) is 2.05. The molecule has 1 aromatic rings. The molecule has 1 aliphatic heterocycles. The molecule has 2 heterocycles. The summed E-state index contributed by atoms with van der Waals surface area (Å²) >= 11 is 0. The van der Waals surface area contributed by atoms with Gasteiger partial charge in [-0.3, -0.25) is 0 Å². The second-order valence-corrected chi connectivity index (χ2v) is 3.95. The van der Waals surface area contributed by atoms with Gasteiger partial charge >= 0.3 is 0 Å². The molecule has 1 aromatic heterocycles. The summed E-state index contributed by atoms with van der Waals surface area (Å²) in [6, 6.07) is 5.89. The van der Waals surface area contributed by atoms with E-state index in [9.17, 15) is 0 Å². The van der Waals surface area contributed by atoms with Crippen molar-refractivity contribution in [3.63, 3.8) is 0 Å². The molecule has 0 saturated carbocycles. The first kappa shape index (κ1) is 15.5. The third kappa shape index (κ3) is 4.56. The zero-order chi connectivity index (χ0) is 9.80. The largest absolute Gasteiger partial charge is 0.384 e. The van der Waals surface area contributed by atoms with Gasteiger partial charge in [0.1, 0.15) is 5.82 Å². The molecule has 5 heteroatoms. The number of hydrogen-bond acceptors (Lipinski definition) is 3. The Bertz CT molecular complexity index is 301. The first-order valence-corrected chi connectivity index (χ1v) is 5.27. The summed E-state index contributed by atoms with van der Waals surface area (Å²) in [4.78, 5) is 4.32. The Kier molecular flexibility index (Phi) is 7.47. The number of nitrogens with zero attached hydrogens (tertiary/aromatic N) is 1. The van der Waals surface area contributed by atoms with E-state index in [1.165, 1.54) is 12.8 Å². The highest BCUT2D eigenvalue weighted by Gasteiger charge is 2.13. The fourth-order valence-corrected chi connectivity index (χ4v) is 1.99. The molecule has 0 aromatic carbocycles. The number of aromatic nitrogens is 1. The van der Waals surface area contributed by atoms with Gasteiger partial charge in [-0.25, -0.2) is 4.98 Å². The third-order valence-electron chi connectivity index (χ3n) is 2.78. The summed E-state index contributed by atoms with van der Waals surface area (Å²) in [6.07, 6.45) is 3.60. The highest BCUT2D eigenvalue weighted by molar-refractivity contribution is 5.85. The monoisotopic (exact) mass is 263 g/mol. The molecule has 2 rings (SSSR count). The Labute approximate surface area is 109 Å². The van der Waals surface area contributed by atoms with Gasteiger partial charge in [0, 0.05) is 5.69 Å². The van der Waals surface area contributed by atoms with E-state index in [0.717, 1.165) is 31.1 Å². The van der Waals surface area contributed by atoms with Crippen molar-refractivity contribution in [3.8, 4) is 0 Å². The van der Waals surface area contributed by atoms with Crippen LogP contribution in [0.25, 0.3) is 0 Å². The van der Waals surface area contributed by atoms with Gasteiger partial charge in [0.2, 0.25) is 0 Å². The second kappa shape index (κ2) is 7.71. The average molecular weight is 264 g/mol. The lowest BCUT2D eigenvalue weighted by Crippen LogP contribution is -2.28. The SMILES string of the molecule is Cl.Cl.Nc1cccc(CC2CCNCC2)n1. The van der Waals surface area contributed by atoms with Crippen molar-refractivity contribution in [1.29, 1.82) is 0 Å². The fourth-order valence-electron chi connectivity index (χ4n) is 1.99. The molecule has 0 atom stereocenters. The minimum atomic E-state index is 0. The van der Waals surface area contributed by atoms with Crippen LogP contribution in [-0.2, 0) is 6.42 Å². The van der Waals surface area contributed by atoms with Crippen LogP contribution in [0.4, 0.5) is 5.82 Å². The Morgan fingerprint density at radius 3 is 2.56 bits per heavy atom. The van der Waals surface area contributed by atoms with Crippen LogP contribution in [-0.4, -0.2) is 18.1 Å². The molecular weight excluding hydrogens is 245 g/mol. The number of piperidine rings is 1. The standard InChI is InChI=1S/C11H17N3.2ClH/c12-11-3-1-2-10(14-11)8-9-4-6-13-7-5-9;;/h1-3,9,13H,4-8H2,(H2,12,14);2*1H. The lowest BCUT2D eigenvalue weighted by atomic mass is 9.93. The van der Waals surface area contributed by atoms with Crippen molar-refractivity contribution in [1.82, 2.24) is 10.3 Å². The molecule has 0 unspecified atom stereocenters. The van der Waals surface area contributed by atoms with Crippen LogP contribution in [0.15, 0.2) is 18.2 Å². The molecular formula is C11H19Cl2N3. The summed E-state index contributed by atoms with van der Waals surface area (Å²) in [7, 11) is 0. The van der Waals surface area contributed by atoms with Crippen molar-refractivity contribution in [2.75, 3.05) is 18.8 Å². The lowest BCUT2D eigenvalue weighted by Gasteiger charge is -2.22. The predicted molar refractivity (Wildman–Crippen MR) is 72.4 cm³/mol. The van der Waals surface area contributed by atoms with Crippen molar-refractivity contribution in [2.45, 2.75) is 19.3 Å². The molecule has 3 nitrogen and oxygen atoms in total. The van der Waals surface area contributed by atoms with Gasteiger partial charge in [-0.1, -0.05) is 6.07 Å². The fraction of sp³-hybridized carbons (Fsp3) is 0.545. The summed E-state index contributed by atoms with van der Waals surface area (Å²) in [6.45, 7) is 2.29. The highest BCUT2D eigenvalue weighted by atomic mass is 35.5. The molecule has 0 radical (unpaired) electrons. The number of nitrogen functional groups attached to an aromatic ring is 1. The molecule has 0 amide bonds. The maximum atomic E-state index is 5.64. The number of halogens is 2. The van der Waals surface area contributed by atoms with E-state index in [4.69, 9.17) is 5.73 Å². The van der Waals surface area contributed by atoms with Crippen LogP contribution in [0.1, 0.15) is 18.5 Å². The topological polar surface area (TPSA) is 50.9 Å². The van der Waals surface area contributed by atoms with Gasteiger partial charge in [0.05, 0.1) is 0 Å². The number of rotatable bonds is 2. The van der Waals surface area contributed by atoms with Crippen LogP contribution >= 0.6 is 24.8 Å². The molecule has 1 aliphatic rings. The van der Waals surface area contributed by atoms with Crippen molar-refractivity contribution in [3.05, 3.63) is 23.9 Å². The van der Waals surface area contributed by atoms with E-state index in [1.54, 1.807) is 0 Å². The number of anilines is 1. The molecule has 3 N–H and O–H groups in total. The van der Waals surface area contributed by atoms with Crippen molar-refractivity contribution >= 4 is 30.6 Å². The quantitative estimate of drug-likeness (QED) is 0.859. The maximum Gasteiger partial charge on any atom is 0.123 e. The number of nitrogens with one attached hydrogen (secondary N) is 1. The van der Waals surface area contributed by atoms with Gasteiger partial charge in [-0.05, 0) is 50.4 Å². The zero-order valence-electron chi connectivity index (χ0n) is 9.19. The van der Waals surface area contributed by atoms with Gasteiger partial charge in [-0.15, -0.1) is 24.8 Å². The summed E-state index contributed by atoms with van der Waals surface area (Å²) in [5, 5.41) is 3.37. The molecule has 1 saturated heterocycles. The smallest absolute Gasteiger partial charge is 0.123 e. The van der Waals surface area contributed by atoms with Gasteiger partial charge in [-0.2, -0.15) is 0 Å². The van der Waals surface area contributed by atoms with Crippen molar-refractivity contribution < 1.29 is 0 Å². The van der Waals surface area contributed by atoms with E-state index in [-0.39, 0.29) is 24.8 Å². The molecule has 92 valence electrons. The average Bonchev–Trinajstić information content (AvgIpc) is 2.19. The van der Waals surface area contributed by atoms with Crippen LogP contribution in [0.3, 0.4) is 0 Å². The van der Waals surface area contributed by atoms with E-state index in [1.807, 2.05) is 12.1 Å². The minimum absolute atomic E-state index is 0.